The van der Waals surface area contributed by atoms with E-state index in [-0.39, 0.29) is 0 Å². The van der Waals surface area contributed by atoms with Crippen molar-refractivity contribution < 1.29 is 19.1 Å². The zero-order valence-electron chi connectivity index (χ0n) is 20.4. The van der Waals surface area contributed by atoms with Crippen LogP contribution in [0.25, 0.3) is 5.69 Å². The van der Waals surface area contributed by atoms with Gasteiger partial charge in [-0.05, 0) is 29.8 Å². The molecule has 188 valence electrons. The van der Waals surface area contributed by atoms with Crippen LogP contribution in [0.15, 0.2) is 91.8 Å². The van der Waals surface area contributed by atoms with Crippen LogP contribution in [0.4, 0.5) is 0 Å². The fourth-order valence-corrected chi connectivity index (χ4v) is 3.11. The van der Waals surface area contributed by atoms with Gasteiger partial charge in [-0.3, -0.25) is 23.7 Å². The first kappa shape index (κ1) is 26.5. The van der Waals surface area contributed by atoms with Gasteiger partial charge in [-0.15, -0.1) is 0 Å². The van der Waals surface area contributed by atoms with Gasteiger partial charge in [0.25, 0.3) is 0 Å². The second-order valence-electron chi connectivity index (χ2n) is 7.68. The van der Waals surface area contributed by atoms with Gasteiger partial charge in [-0.1, -0.05) is 30.3 Å². The molecule has 2 aromatic carbocycles. The van der Waals surface area contributed by atoms with Gasteiger partial charge < -0.3 is 4.74 Å². The lowest BCUT2D eigenvalue weighted by Gasteiger charge is -2.04. The largest absolute Gasteiger partial charge is 0.497 e. The molecule has 0 bridgehead atoms. The Labute approximate surface area is 213 Å². The number of nitrogens with zero attached hydrogens (tertiary/aromatic N) is 6. The molecule has 0 N–H and O–H groups in total. The van der Waals surface area contributed by atoms with Crippen molar-refractivity contribution in [3.05, 3.63) is 114 Å². The van der Waals surface area contributed by atoms with Crippen molar-refractivity contribution in [2.24, 2.45) is 7.05 Å². The van der Waals surface area contributed by atoms with Gasteiger partial charge in [0, 0.05) is 25.6 Å². The standard InChI is InChI=1S/C12H12N2O2.C10H8N2O.C5H6N2O/c1-16-12-4-2-3-10(5-12)7-14-8-11(9-15)6-13-14;13-8-9-6-11-12(7-9)10-4-2-1-3-5-10;1-7-3-5(4-8)2-6-7/h2-6,8-9H,7H2,1H3;1-8H;2-4H,1H3. The minimum absolute atomic E-state index is 0.586. The predicted octanol–water partition coefficient (Wildman–Crippen LogP) is 3.67. The Balaban J connectivity index is 0.000000163. The summed E-state index contributed by atoms with van der Waals surface area (Å²) < 4.78 is 10.1. The Bertz CT molecular complexity index is 1420. The Morgan fingerprint density at radius 1 is 0.757 bits per heavy atom. The third-order valence-electron chi connectivity index (χ3n) is 4.89. The summed E-state index contributed by atoms with van der Waals surface area (Å²) in [5.41, 5.74) is 3.83. The molecule has 0 radical (unpaired) electrons. The molecule has 0 spiro atoms. The number of benzene rings is 2. The summed E-state index contributed by atoms with van der Waals surface area (Å²) in [6.45, 7) is 0.630. The fraction of sp³-hybridized carbons (Fsp3) is 0.111. The summed E-state index contributed by atoms with van der Waals surface area (Å²) in [5, 5.41) is 11.9. The molecule has 5 aromatic rings. The van der Waals surface area contributed by atoms with Gasteiger partial charge >= 0.3 is 0 Å². The number of aromatic nitrogens is 6. The number of rotatable bonds is 7. The van der Waals surface area contributed by atoms with Crippen LogP contribution < -0.4 is 4.74 Å². The normalized spacial score (nSPS) is 9.78. The van der Waals surface area contributed by atoms with Gasteiger partial charge in [-0.25, -0.2) is 4.68 Å². The van der Waals surface area contributed by atoms with E-state index in [9.17, 15) is 14.4 Å². The number of carbonyl (C=O) groups is 3. The third-order valence-corrected chi connectivity index (χ3v) is 4.89. The smallest absolute Gasteiger partial charge is 0.153 e. The topological polar surface area (TPSA) is 114 Å². The maximum atomic E-state index is 10.5. The van der Waals surface area contributed by atoms with Crippen molar-refractivity contribution >= 4 is 18.9 Å². The fourth-order valence-electron chi connectivity index (χ4n) is 3.11. The summed E-state index contributed by atoms with van der Waals surface area (Å²) in [7, 11) is 3.41. The van der Waals surface area contributed by atoms with E-state index in [0.29, 0.717) is 23.2 Å². The maximum absolute atomic E-state index is 10.5. The van der Waals surface area contributed by atoms with Crippen LogP contribution in [0.5, 0.6) is 5.75 Å². The second kappa shape index (κ2) is 13.7. The molecular weight excluding hydrogens is 472 g/mol. The van der Waals surface area contributed by atoms with E-state index in [2.05, 4.69) is 15.3 Å². The van der Waals surface area contributed by atoms with Crippen LogP contribution in [-0.4, -0.2) is 55.3 Å². The van der Waals surface area contributed by atoms with Gasteiger partial charge in [0.15, 0.2) is 18.9 Å². The van der Waals surface area contributed by atoms with Gasteiger partial charge in [-0.2, -0.15) is 15.3 Å². The lowest BCUT2D eigenvalue weighted by molar-refractivity contribution is 0.111. The molecule has 0 aliphatic carbocycles. The number of carbonyl (C=O) groups excluding carboxylic acids is 3. The molecule has 0 unspecified atom stereocenters. The van der Waals surface area contributed by atoms with Crippen LogP contribution in [0, 0.1) is 0 Å². The van der Waals surface area contributed by atoms with Crippen molar-refractivity contribution in [3.63, 3.8) is 0 Å². The molecule has 37 heavy (non-hydrogen) atoms. The first-order valence-electron chi connectivity index (χ1n) is 11.1. The van der Waals surface area contributed by atoms with E-state index < -0.39 is 0 Å². The zero-order valence-corrected chi connectivity index (χ0v) is 20.4. The number of hydrogen-bond donors (Lipinski definition) is 0. The number of para-hydroxylation sites is 1. The molecule has 10 heteroatoms. The molecule has 0 fully saturated rings. The lowest BCUT2D eigenvalue weighted by Crippen LogP contribution is -2.00. The SMILES string of the molecule is COc1cccc(Cn2cc(C=O)cn2)c1.Cn1cc(C=O)cn1.O=Cc1cnn(-c2ccccc2)c1. The van der Waals surface area contributed by atoms with Crippen LogP contribution in [0.3, 0.4) is 0 Å². The van der Waals surface area contributed by atoms with E-state index in [1.54, 1.807) is 59.2 Å². The van der Waals surface area contributed by atoms with Crippen molar-refractivity contribution in [2.45, 2.75) is 6.54 Å². The Morgan fingerprint density at radius 2 is 1.41 bits per heavy atom. The molecule has 0 aliphatic heterocycles. The molecule has 0 saturated heterocycles. The summed E-state index contributed by atoms with van der Waals surface area (Å²) in [5.74, 6) is 0.820. The van der Waals surface area contributed by atoms with E-state index in [1.807, 2.05) is 54.6 Å². The molecular formula is C27H26N6O4. The number of hydrogen-bond acceptors (Lipinski definition) is 7. The van der Waals surface area contributed by atoms with Crippen LogP contribution in [0.1, 0.15) is 36.6 Å². The second-order valence-corrected chi connectivity index (χ2v) is 7.68. The quantitative estimate of drug-likeness (QED) is 0.315. The van der Waals surface area contributed by atoms with Crippen LogP contribution in [0.2, 0.25) is 0 Å². The average molecular weight is 499 g/mol. The molecule has 0 amide bonds. The highest BCUT2D eigenvalue weighted by atomic mass is 16.5. The first-order chi connectivity index (χ1) is 18.0. The van der Waals surface area contributed by atoms with E-state index in [0.717, 1.165) is 35.9 Å². The molecule has 0 atom stereocenters. The number of ether oxygens (including phenoxy) is 1. The van der Waals surface area contributed by atoms with Crippen molar-refractivity contribution in [2.75, 3.05) is 7.11 Å². The Hall–Kier alpha value is -5.12. The van der Waals surface area contributed by atoms with Gasteiger partial charge in [0.2, 0.25) is 0 Å². The predicted molar refractivity (Wildman–Crippen MR) is 137 cm³/mol. The van der Waals surface area contributed by atoms with E-state index >= 15 is 0 Å². The Morgan fingerprint density at radius 3 is 1.97 bits per heavy atom. The summed E-state index contributed by atoms with van der Waals surface area (Å²) in [6, 6.07) is 17.4. The first-order valence-corrected chi connectivity index (χ1v) is 11.1. The average Bonchev–Trinajstić information content (AvgIpc) is 3.71. The molecule has 0 aliphatic rings. The molecule has 10 nitrogen and oxygen atoms in total. The minimum Gasteiger partial charge on any atom is -0.497 e. The summed E-state index contributed by atoms with van der Waals surface area (Å²) in [6.07, 6.45) is 12.0. The molecule has 3 aromatic heterocycles. The highest BCUT2D eigenvalue weighted by Gasteiger charge is 2.00. The van der Waals surface area contributed by atoms with Gasteiger partial charge in [0.05, 0.1) is 54.6 Å². The number of aryl methyl sites for hydroxylation is 1. The number of aldehydes is 3. The minimum atomic E-state index is 0.586. The van der Waals surface area contributed by atoms with E-state index in [4.69, 9.17) is 4.74 Å². The Kier molecular flexibility index (Phi) is 9.80. The monoisotopic (exact) mass is 498 g/mol. The van der Waals surface area contributed by atoms with Gasteiger partial charge in [0.1, 0.15) is 5.75 Å². The maximum Gasteiger partial charge on any atom is 0.153 e. The lowest BCUT2D eigenvalue weighted by atomic mass is 10.2. The van der Waals surface area contributed by atoms with Crippen molar-refractivity contribution in [1.82, 2.24) is 29.3 Å². The molecule has 0 saturated carbocycles. The van der Waals surface area contributed by atoms with E-state index in [1.165, 1.54) is 6.20 Å². The summed E-state index contributed by atoms with van der Waals surface area (Å²) >= 11 is 0. The highest BCUT2D eigenvalue weighted by Crippen LogP contribution is 2.13. The van der Waals surface area contributed by atoms with Crippen molar-refractivity contribution in [1.29, 1.82) is 0 Å². The van der Waals surface area contributed by atoms with Crippen molar-refractivity contribution in [3.8, 4) is 11.4 Å². The zero-order chi connectivity index (χ0) is 26.5. The third kappa shape index (κ3) is 8.25. The molecule has 5 rings (SSSR count). The number of methoxy groups -OCH3 is 1. The summed E-state index contributed by atoms with van der Waals surface area (Å²) in [4.78, 5) is 30.9. The van der Waals surface area contributed by atoms with Crippen LogP contribution >= 0.6 is 0 Å². The highest BCUT2D eigenvalue weighted by molar-refractivity contribution is 5.74. The van der Waals surface area contributed by atoms with Crippen LogP contribution in [-0.2, 0) is 13.6 Å². The molecule has 3 heterocycles.